The molecule has 2 aromatic carbocycles. The standard InChI is InChI=1S/C26H27Cl2N7O2/c1-26(24(29)37)10-13-34(14-11-26)22-20-23(33-25(32-22)30-12-15-36)35(17-8-6-16(27)7-9-17)21(31-20)18-4-2-3-5-19(18)28/h2-9,36H,10-15H2,1H3,(H2,29,37)(H,30,32,33). The first kappa shape index (κ1) is 25.3. The van der Waals surface area contributed by atoms with Crippen LogP contribution in [0.25, 0.3) is 28.2 Å². The molecule has 192 valence electrons. The lowest BCUT2D eigenvalue weighted by Gasteiger charge is -2.37. The van der Waals surface area contributed by atoms with Gasteiger partial charge in [0.05, 0.1) is 11.6 Å². The number of aromatic nitrogens is 4. The van der Waals surface area contributed by atoms with Crippen LogP contribution in [0.3, 0.4) is 0 Å². The monoisotopic (exact) mass is 539 g/mol. The number of piperidine rings is 1. The van der Waals surface area contributed by atoms with Crippen molar-refractivity contribution in [3.63, 3.8) is 0 Å². The minimum atomic E-state index is -0.563. The summed E-state index contributed by atoms with van der Waals surface area (Å²) in [6.07, 6.45) is 1.20. The molecule has 3 heterocycles. The van der Waals surface area contributed by atoms with E-state index in [1.807, 2.05) is 47.9 Å². The van der Waals surface area contributed by atoms with Gasteiger partial charge in [-0.1, -0.05) is 42.3 Å². The molecule has 0 saturated carbocycles. The number of amides is 1. The van der Waals surface area contributed by atoms with E-state index in [2.05, 4.69) is 10.2 Å². The number of nitrogens with one attached hydrogen (secondary N) is 1. The van der Waals surface area contributed by atoms with Gasteiger partial charge in [0.15, 0.2) is 17.0 Å². The Kier molecular flexibility index (Phi) is 6.94. The number of benzene rings is 2. The Hall–Kier alpha value is -3.40. The first-order valence-electron chi connectivity index (χ1n) is 12.0. The first-order chi connectivity index (χ1) is 17.8. The molecule has 1 amide bonds. The Morgan fingerprint density at radius 2 is 1.78 bits per heavy atom. The molecular weight excluding hydrogens is 513 g/mol. The van der Waals surface area contributed by atoms with E-state index in [-0.39, 0.29) is 19.1 Å². The fourth-order valence-corrected chi connectivity index (χ4v) is 4.87. The molecule has 0 aliphatic carbocycles. The van der Waals surface area contributed by atoms with E-state index < -0.39 is 5.41 Å². The number of rotatable bonds is 7. The number of halogens is 2. The van der Waals surface area contributed by atoms with E-state index in [4.69, 9.17) is 43.9 Å². The van der Waals surface area contributed by atoms with Gasteiger partial charge in [-0.3, -0.25) is 9.36 Å². The lowest BCUT2D eigenvalue weighted by Crippen LogP contribution is -2.45. The smallest absolute Gasteiger partial charge is 0.226 e. The van der Waals surface area contributed by atoms with Crippen molar-refractivity contribution in [1.29, 1.82) is 0 Å². The second-order valence-electron chi connectivity index (χ2n) is 9.33. The van der Waals surface area contributed by atoms with Gasteiger partial charge in [0, 0.05) is 41.3 Å². The molecule has 0 atom stereocenters. The molecule has 2 aromatic heterocycles. The van der Waals surface area contributed by atoms with Gasteiger partial charge < -0.3 is 21.1 Å². The highest BCUT2D eigenvalue weighted by molar-refractivity contribution is 6.33. The minimum Gasteiger partial charge on any atom is -0.395 e. The number of nitrogens with zero attached hydrogens (tertiary/aromatic N) is 5. The maximum atomic E-state index is 12.0. The zero-order chi connectivity index (χ0) is 26.2. The lowest BCUT2D eigenvalue weighted by molar-refractivity contribution is -0.127. The summed E-state index contributed by atoms with van der Waals surface area (Å²) in [5, 5.41) is 13.6. The van der Waals surface area contributed by atoms with Crippen LogP contribution in [0.5, 0.6) is 0 Å². The Labute approximate surface area is 224 Å². The second kappa shape index (κ2) is 10.2. The van der Waals surface area contributed by atoms with Crippen LogP contribution in [0, 0.1) is 5.41 Å². The van der Waals surface area contributed by atoms with Crippen molar-refractivity contribution in [1.82, 2.24) is 19.5 Å². The van der Waals surface area contributed by atoms with Gasteiger partial charge in [-0.15, -0.1) is 0 Å². The quantitative estimate of drug-likeness (QED) is 0.320. The second-order valence-corrected chi connectivity index (χ2v) is 10.2. The Bertz CT molecular complexity index is 1450. The van der Waals surface area contributed by atoms with E-state index in [1.165, 1.54) is 0 Å². The van der Waals surface area contributed by atoms with Crippen LogP contribution in [-0.4, -0.2) is 56.8 Å². The fraction of sp³-hybridized carbons (Fsp3) is 0.308. The van der Waals surface area contributed by atoms with Gasteiger partial charge in [-0.2, -0.15) is 9.97 Å². The number of hydrogen-bond donors (Lipinski definition) is 3. The number of fused-ring (bicyclic) bond motifs is 1. The normalized spacial score (nSPS) is 15.2. The van der Waals surface area contributed by atoms with Gasteiger partial charge in [0.1, 0.15) is 5.82 Å². The molecule has 0 radical (unpaired) electrons. The molecule has 37 heavy (non-hydrogen) atoms. The molecule has 0 bridgehead atoms. The lowest BCUT2D eigenvalue weighted by atomic mass is 9.80. The van der Waals surface area contributed by atoms with Gasteiger partial charge in [0.2, 0.25) is 11.9 Å². The van der Waals surface area contributed by atoms with Crippen molar-refractivity contribution < 1.29 is 9.90 Å². The minimum absolute atomic E-state index is 0.0707. The summed E-state index contributed by atoms with van der Waals surface area (Å²) < 4.78 is 1.93. The maximum absolute atomic E-state index is 12.0. The first-order valence-corrected chi connectivity index (χ1v) is 12.8. The Balaban J connectivity index is 1.73. The third-order valence-electron chi connectivity index (χ3n) is 6.84. The van der Waals surface area contributed by atoms with Crippen LogP contribution in [-0.2, 0) is 4.79 Å². The molecule has 11 heteroatoms. The number of anilines is 2. The average molecular weight is 540 g/mol. The molecule has 9 nitrogen and oxygen atoms in total. The molecule has 5 rings (SSSR count). The van der Waals surface area contributed by atoms with Crippen LogP contribution in [0.1, 0.15) is 19.8 Å². The number of aliphatic hydroxyl groups is 1. The number of carbonyl (C=O) groups excluding carboxylic acids is 1. The van der Waals surface area contributed by atoms with Crippen molar-refractivity contribution in [2.24, 2.45) is 11.1 Å². The molecule has 0 unspecified atom stereocenters. The number of carbonyl (C=O) groups is 1. The summed E-state index contributed by atoms with van der Waals surface area (Å²) in [5.74, 6) is 1.31. The van der Waals surface area contributed by atoms with Crippen molar-refractivity contribution >= 4 is 52.0 Å². The molecular formula is C26H27Cl2N7O2. The predicted molar refractivity (Wildman–Crippen MR) is 146 cm³/mol. The summed E-state index contributed by atoms with van der Waals surface area (Å²) >= 11 is 12.8. The van der Waals surface area contributed by atoms with Gasteiger partial charge >= 0.3 is 0 Å². The molecule has 4 N–H and O–H groups in total. The van der Waals surface area contributed by atoms with Gasteiger partial charge in [0.25, 0.3) is 0 Å². The zero-order valence-electron chi connectivity index (χ0n) is 20.3. The number of nitrogens with two attached hydrogens (primary N) is 1. The summed E-state index contributed by atoms with van der Waals surface area (Å²) in [7, 11) is 0. The molecule has 1 saturated heterocycles. The average Bonchev–Trinajstić information content (AvgIpc) is 3.27. The van der Waals surface area contributed by atoms with Gasteiger partial charge in [-0.05, 0) is 49.2 Å². The third kappa shape index (κ3) is 4.82. The number of aliphatic hydroxyl groups excluding tert-OH is 1. The SMILES string of the molecule is CC1(C(N)=O)CCN(c2nc(NCCO)nc3c2nc(-c2ccccc2Cl)n3-c2ccc(Cl)cc2)CC1. The summed E-state index contributed by atoms with van der Waals surface area (Å²) in [4.78, 5) is 28.7. The number of primary amides is 1. The maximum Gasteiger partial charge on any atom is 0.226 e. The van der Waals surface area contributed by atoms with Crippen LogP contribution in [0.15, 0.2) is 48.5 Å². The topological polar surface area (TPSA) is 122 Å². The summed E-state index contributed by atoms with van der Waals surface area (Å²) in [6.45, 7) is 3.29. The van der Waals surface area contributed by atoms with Crippen LogP contribution in [0.4, 0.5) is 11.8 Å². The summed E-state index contributed by atoms with van der Waals surface area (Å²) in [5.41, 5.74) is 7.84. The highest BCUT2D eigenvalue weighted by Gasteiger charge is 2.36. The van der Waals surface area contributed by atoms with E-state index in [0.29, 0.717) is 64.7 Å². The molecule has 0 spiro atoms. The van der Waals surface area contributed by atoms with Crippen molar-refractivity contribution in [3.8, 4) is 17.1 Å². The molecule has 1 aliphatic rings. The number of imidazole rings is 1. The highest BCUT2D eigenvalue weighted by atomic mass is 35.5. The van der Waals surface area contributed by atoms with Gasteiger partial charge in [-0.25, -0.2) is 4.98 Å². The van der Waals surface area contributed by atoms with Crippen molar-refractivity contribution in [2.45, 2.75) is 19.8 Å². The van der Waals surface area contributed by atoms with Crippen LogP contribution < -0.4 is 16.0 Å². The largest absolute Gasteiger partial charge is 0.395 e. The van der Waals surface area contributed by atoms with E-state index in [1.54, 1.807) is 12.1 Å². The predicted octanol–water partition coefficient (Wildman–Crippen LogP) is 4.29. The Morgan fingerprint density at radius 3 is 2.43 bits per heavy atom. The summed E-state index contributed by atoms with van der Waals surface area (Å²) in [6, 6.07) is 14.9. The number of hydrogen-bond acceptors (Lipinski definition) is 7. The fourth-order valence-electron chi connectivity index (χ4n) is 4.53. The van der Waals surface area contributed by atoms with E-state index >= 15 is 0 Å². The van der Waals surface area contributed by atoms with Crippen LogP contribution in [0.2, 0.25) is 10.0 Å². The van der Waals surface area contributed by atoms with Crippen molar-refractivity contribution in [3.05, 3.63) is 58.6 Å². The van der Waals surface area contributed by atoms with Crippen molar-refractivity contribution in [2.75, 3.05) is 36.5 Å². The zero-order valence-corrected chi connectivity index (χ0v) is 21.8. The molecule has 1 fully saturated rings. The Morgan fingerprint density at radius 1 is 1.08 bits per heavy atom. The highest BCUT2D eigenvalue weighted by Crippen LogP contribution is 2.38. The van der Waals surface area contributed by atoms with Crippen LogP contribution >= 0.6 is 23.2 Å². The molecule has 1 aliphatic heterocycles. The van der Waals surface area contributed by atoms with E-state index in [0.717, 1.165) is 11.3 Å². The van der Waals surface area contributed by atoms with E-state index in [9.17, 15) is 9.90 Å². The molecule has 4 aromatic rings. The third-order valence-corrected chi connectivity index (χ3v) is 7.43.